The number of nitrogens with two attached hydrogens (primary N) is 1. The zero-order chi connectivity index (χ0) is 12.1. The average Bonchev–Trinajstić information content (AvgIpc) is 2.44. The first kappa shape index (κ1) is 10.8. The minimum Gasteiger partial charge on any atom is -0.397 e. The average molecular weight is 229 g/mol. The van der Waals surface area contributed by atoms with Crippen molar-refractivity contribution in [3.63, 3.8) is 0 Å². The van der Waals surface area contributed by atoms with Gasteiger partial charge in [0.15, 0.2) is 0 Å². The summed E-state index contributed by atoms with van der Waals surface area (Å²) in [4.78, 5) is 0. The Morgan fingerprint density at radius 3 is 2.50 bits per heavy atom. The highest BCUT2D eigenvalue weighted by Crippen LogP contribution is 2.34. The fourth-order valence-corrected chi connectivity index (χ4v) is 1.61. The Morgan fingerprint density at radius 1 is 1.31 bits per heavy atom. The van der Waals surface area contributed by atoms with Gasteiger partial charge in [0.25, 0.3) is 0 Å². The van der Waals surface area contributed by atoms with Gasteiger partial charge in [0.1, 0.15) is 5.52 Å². The van der Waals surface area contributed by atoms with E-state index in [4.69, 9.17) is 5.73 Å². The van der Waals surface area contributed by atoms with Crippen LogP contribution in [0.2, 0.25) is 0 Å². The molecule has 0 spiro atoms. The van der Waals surface area contributed by atoms with Crippen molar-refractivity contribution < 1.29 is 13.2 Å². The second kappa shape index (κ2) is 3.13. The van der Waals surface area contributed by atoms with Crippen molar-refractivity contribution in [2.45, 2.75) is 13.1 Å². The van der Waals surface area contributed by atoms with Crippen molar-refractivity contribution in [2.75, 3.05) is 5.73 Å². The third-order valence-electron chi connectivity index (χ3n) is 2.59. The van der Waals surface area contributed by atoms with Crippen LogP contribution in [-0.4, -0.2) is 9.78 Å². The Bertz CT molecular complexity index is 554. The summed E-state index contributed by atoms with van der Waals surface area (Å²) in [5, 5.41) is 4.50. The van der Waals surface area contributed by atoms with Gasteiger partial charge in [0.2, 0.25) is 0 Å². The molecule has 0 aliphatic carbocycles. The van der Waals surface area contributed by atoms with Crippen molar-refractivity contribution in [1.82, 2.24) is 9.78 Å². The van der Waals surface area contributed by atoms with Gasteiger partial charge >= 0.3 is 6.18 Å². The summed E-state index contributed by atoms with van der Waals surface area (Å²) in [6.07, 6.45) is -4.38. The maximum absolute atomic E-state index is 12.6. The lowest BCUT2D eigenvalue weighted by Gasteiger charge is -2.07. The Labute approximate surface area is 89.7 Å². The van der Waals surface area contributed by atoms with Crippen molar-refractivity contribution in [1.29, 1.82) is 0 Å². The van der Waals surface area contributed by atoms with Gasteiger partial charge in [-0.3, -0.25) is 4.68 Å². The molecule has 0 unspecified atom stereocenters. The zero-order valence-electron chi connectivity index (χ0n) is 8.76. The summed E-state index contributed by atoms with van der Waals surface area (Å²) in [6.45, 7) is 1.70. The molecule has 1 heterocycles. The van der Waals surface area contributed by atoms with Crippen LogP contribution < -0.4 is 5.73 Å². The predicted molar refractivity (Wildman–Crippen MR) is 54.9 cm³/mol. The Morgan fingerprint density at radius 2 is 1.94 bits per heavy atom. The van der Waals surface area contributed by atoms with Crippen LogP contribution in [0.15, 0.2) is 12.1 Å². The molecule has 0 aliphatic heterocycles. The predicted octanol–water partition coefficient (Wildman–Crippen LogP) is 2.48. The number of anilines is 1. The summed E-state index contributed by atoms with van der Waals surface area (Å²) < 4.78 is 39.2. The smallest absolute Gasteiger partial charge is 0.397 e. The molecule has 0 fully saturated rings. The maximum atomic E-state index is 12.6. The summed E-state index contributed by atoms with van der Waals surface area (Å²) in [7, 11) is 1.67. The van der Waals surface area contributed by atoms with E-state index in [9.17, 15) is 13.2 Å². The number of nitrogens with zero attached hydrogens (tertiary/aromatic N) is 2. The number of halogens is 3. The van der Waals surface area contributed by atoms with Gasteiger partial charge in [-0.2, -0.15) is 18.3 Å². The maximum Gasteiger partial charge on any atom is 0.416 e. The second-order valence-corrected chi connectivity index (χ2v) is 3.67. The van der Waals surface area contributed by atoms with Crippen molar-refractivity contribution >= 4 is 16.6 Å². The molecule has 0 saturated heterocycles. The largest absolute Gasteiger partial charge is 0.416 e. The number of aromatic nitrogens is 2. The van der Waals surface area contributed by atoms with E-state index in [0.29, 0.717) is 16.6 Å². The molecular formula is C10H10F3N3. The van der Waals surface area contributed by atoms with E-state index < -0.39 is 11.7 Å². The van der Waals surface area contributed by atoms with Gasteiger partial charge < -0.3 is 5.73 Å². The van der Waals surface area contributed by atoms with Crippen molar-refractivity contribution in [2.24, 2.45) is 7.05 Å². The van der Waals surface area contributed by atoms with E-state index in [1.165, 1.54) is 4.68 Å². The number of benzene rings is 1. The molecular weight excluding hydrogens is 219 g/mol. The number of rotatable bonds is 0. The van der Waals surface area contributed by atoms with Crippen LogP contribution in [0.5, 0.6) is 0 Å². The lowest BCUT2D eigenvalue weighted by Crippen LogP contribution is -2.05. The van der Waals surface area contributed by atoms with Crippen molar-refractivity contribution in [3.05, 3.63) is 23.4 Å². The molecule has 3 nitrogen and oxygen atoms in total. The number of alkyl halides is 3. The lowest BCUT2D eigenvalue weighted by molar-refractivity contribution is -0.137. The molecule has 6 heteroatoms. The molecule has 0 amide bonds. The van der Waals surface area contributed by atoms with Gasteiger partial charge in [0, 0.05) is 18.1 Å². The molecule has 1 aromatic heterocycles. The van der Waals surface area contributed by atoms with E-state index in [2.05, 4.69) is 5.10 Å². The number of fused-ring (bicyclic) bond motifs is 1. The van der Waals surface area contributed by atoms with Crippen LogP contribution in [0.4, 0.5) is 18.9 Å². The van der Waals surface area contributed by atoms with Crippen LogP contribution in [0.1, 0.15) is 11.3 Å². The number of hydrogen-bond donors (Lipinski definition) is 1. The van der Waals surface area contributed by atoms with Crippen LogP contribution in [0.3, 0.4) is 0 Å². The summed E-state index contributed by atoms with van der Waals surface area (Å²) >= 11 is 0. The Kier molecular flexibility index (Phi) is 2.11. The fraction of sp³-hybridized carbons (Fsp3) is 0.300. The molecule has 0 aliphatic rings. The Hall–Kier alpha value is -1.72. The molecule has 0 bridgehead atoms. The molecule has 86 valence electrons. The summed E-state index contributed by atoms with van der Waals surface area (Å²) in [6, 6.07) is 1.99. The molecule has 1 aromatic carbocycles. The standard InChI is InChI=1S/C10H10F3N3/c1-5-7-3-6(10(11,12)13)4-8(14)9(7)15-16(5)2/h3-4H,14H2,1-2H3. The number of aryl methyl sites for hydroxylation is 2. The minimum absolute atomic E-state index is 0.0496. The Balaban J connectivity index is 2.80. The summed E-state index contributed by atoms with van der Waals surface area (Å²) in [5.74, 6) is 0. The van der Waals surface area contributed by atoms with E-state index in [1.54, 1.807) is 14.0 Å². The molecule has 2 N–H and O–H groups in total. The molecule has 0 atom stereocenters. The van der Waals surface area contributed by atoms with Gasteiger partial charge in [0.05, 0.1) is 11.3 Å². The first-order valence-corrected chi connectivity index (χ1v) is 4.60. The highest BCUT2D eigenvalue weighted by atomic mass is 19.4. The van der Waals surface area contributed by atoms with E-state index in [1.807, 2.05) is 0 Å². The monoisotopic (exact) mass is 229 g/mol. The quantitative estimate of drug-likeness (QED) is 0.705. The third kappa shape index (κ3) is 1.50. The van der Waals surface area contributed by atoms with E-state index in [-0.39, 0.29) is 5.69 Å². The molecule has 0 saturated carbocycles. The van der Waals surface area contributed by atoms with Gasteiger partial charge in [-0.05, 0) is 19.1 Å². The fourth-order valence-electron chi connectivity index (χ4n) is 1.61. The topological polar surface area (TPSA) is 43.8 Å². The van der Waals surface area contributed by atoms with Crippen LogP contribution in [0.25, 0.3) is 10.9 Å². The molecule has 2 aromatic rings. The van der Waals surface area contributed by atoms with Crippen LogP contribution in [-0.2, 0) is 13.2 Å². The first-order valence-electron chi connectivity index (χ1n) is 4.60. The SMILES string of the molecule is Cc1c2cc(C(F)(F)F)cc(N)c2nn1C. The summed E-state index contributed by atoms with van der Waals surface area (Å²) in [5.41, 5.74) is 5.94. The van der Waals surface area contributed by atoms with Gasteiger partial charge in [-0.15, -0.1) is 0 Å². The van der Waals surface area contributed by atoms with E-state index >= 15 is 0 Å². The molecule has 16 heavy (non-hydrogen) atoms. The highest BCUT2D eigenvalue weighted by molar-refractivity contribution is 5.92. The third-order valence-corrected chi connectivity index (χ3v) is 2.59. The minimum atomic E-state index is -4.38. The lowest BCUT2D eigenvalue weighted by atomic mass is 10.1. The second-order valence-electron chi connectivity index (χ2n) is 3.67. The first-order chi connectivity index (χ1) is 7.30. The zero-order valence-corrected chi connectivity index (χ0v) is 8.76. The highest BCUT2D eigenvalue weighted by Gasteiger charge is 2.31. The van der Waals surface area contributed by atoms with E-state index in [0.717, 1.165) is 12.1 Å². The normalized spacial score (nSPS) is 12.3. The van der Waals surface area contributed by atoms with Crippen molar-refractivity contribution in [3.8, 4) is 0 Å². The van der Waals surface area contributed by atoms with Gasteiger partial charge in [-0.1, -0.05) is 0 Å². The number of hydrogen-bond acceptors (Lipinski definition) is 2. The van der Waals surface area contributed by atoms with Gasteiger partial charge in [-0.25, -0.2) is 0 Å². The molecule has 0 radical (unpaired) electrons. The van der Waals surface area contributed by atoms with Crippen LogP contribution in [0, 0.1) is 6.92 Å². The molecule has 2 rings (SSSR count). The number of nitrogen functional groups attached to an aromatic ring is 1. The van der Waals surface area contributed by atoms with Crippen LogP contribution >= 0.6 is 0 Å².